The SMILES string of the molecule is CC(=O)NCCCCCC(=O)NCc1ccc([C@H]2O[C@@H](CN3CCC4(CC3)C(=O)NCN4c3ccccc3)[C@@H](C)[C@@H](c3ccc(CO)cc3)O2)cc1. The molecule has 52 heavy (non-hydrogen) atoms. The van der Waals surface area contributed by atoms with E-state index in [4.69, 9.17) is 9.47 Å². The Morgan fingerprint density at radius 1 is 0.885 bits per heavy atom. The van der Waals surface area contributed by atoms with Crippen LogP contribution in [0.15, 0.2) is 78.9 Å². The molecule has 0 radical (unpaired) electrons. The van der Waals surface area contributed by atoms with Gasteiger partial charge in [-0.15, -0.1) is 0 Å². The van der Waals surface area contributed by atoms with Gasteiger partial charge in [-0.3, -0.25) is 14.4 Å². The van der Waals surface area contributed by atoms with Crippen LogP contribution in [0.3, 0.4) is 0 Å². The summed E-state index contributed by atoms with van der Waals surface area (Å²) in [7, 11) is 0. The van der Waals surface area contributed by atoms with Crippen LogP contribution in [0.2, 0.25) is 0 Å². The first-order chi connectivity index (χ1) is 25.3. The van der Waals surface area contributed by atoms with Gasteiger partial charge in [-0.25, -0.2) is 0 Å². The number of ether oxygens (including phenoxy) is 2. The summed E-state index contributed by atoms with van der Waals surface area (Å²) in [6.07, 6.45) is 3.51. The molecule has 0 saturated carbocycles. The highest BCUT2D eigenvalue weighted by Gasteiger charge is 2.51. The molecule has 3 aromatic rings. The van der Waals surface area contributed by atoms with Crippen molar-refractivity contribution in [2.45, 2.75) is 89.6 Å². The number of amides is 3. The molecule has 0 aliphatic carbocycles. The molecule has 3 fully saturated rings. The quantitative estimate of drug-likeness (QED) is 0.177. The summed E-state index contributed by atoms with van der Waals surface area (Å²) < 4.78 is 13.4. The number of benzene rings is 3. The number of carbonyl (C=O) groups is 3. The molecule has 1 spiro atoms. The van der Waals surface area contributed by atoms with E-state index in [1.54, 1.807) is 0 Å². The van der Waals surface area contributed by atoms with Crippen molar-refractivity contribution in [3.05, 3.63) is 101 Å². The first-order valence-electron chi connectivity index (χ1n) is 18.7. The third-order valence-corrected chi connectivity index (χ3v) is 10.8. The Kier molecular flexibility index (Phi) is 12.6. The summed E-state index contributed by atoms with van der Waals surface area (Å²) in [5.74, 6) is 0.134. The van der Waals surface area contributed by atoms with Crippen molar-refractivity contribution in [3.8, 4) is 0 Å². The molecular weight excluding hydrogens is 658 g/mol. The van der Waals surface area contributed by atoms with E-state index in [1.165, 1.54) is 6.92 Å². The van der Waals surface area contributed by atoms with E-state index in [-0.39, 0.29) is 42.5 Å². The van der Waals surface area contributed by atoms with Gasteiger partial charge in [-0.2, -0.15) is 0 Å². The minimum absolute atomic E-state index is 0.0133. The Hall–Kier alpha value is -4.29. The molecule has 0 aromatic heterocycles. The standard InChI is InChI=1S/C41H53N5O6/c1-29-36(26-45-23-20-41(21-24-45)40(50)44-28-46(41)35-9-5-3-6-10-35)51-39(52-38(29)33-16-14-32(27-47)15-17-33)34-18-12-31(13-19-34)25-43-37(49)11-7-4-8-22-42-30(2)48/h3,5-6,9-10,12-19,29,36,38-39,47H,4,7-8,11,20-28H2,1-2H3,(H,42,48)(H,43,49)(H,44,50)/t29-,36+,38+,39+/m1/s1. The van der Waals surface area contributed by atoms with Crippen LogP contribution >= 0.6 is 0 Å². The maximum Gasteiger partial charge on any atom is 0.247 e. The van der Waals surface area contributed by atoms with Gasteiger partial charge in [-0.1, -0.05) is 80.1 Å². The molecule has 6 rings (SSSR count). The van der Waals surface area contributed by atoms with Crippen molar-refractivity contribution in [1.29, 1.82) is 0 Å². The maximum atomic E-state index is 13.3. The summed E-state index contributed by atoms with van der Waals surface area (Å²) in [6.45, 7) is 7.54. The average molecular weight is 712 g/mol. The van der Waals surface area contributed by atoms with Crippen molar-refractivity contribution in [2.75, 3.05) is 37.7 Å². The fraction of sp³-hybridized carbons (Fsp3) is 0.488. The van der Waals surface area contributed by atoms with Gasteiger partial charge in [0.2, 0.25) is 17.7 Å². The van der Waals surface area contributed by atoms with Crippen LogP contribution in [0.25, 0.3) is 0 Å². The monoisotopic (exact) mass is 711 g/mol. The summed E-state index contributed by atoms with van der Waals surface area (Å²) >= 11 is 0. The number of piperidine rings is 1. The van der Waals surface area contributed by atoms with Gasteiger partial charge in [0.15, 0.2) is 6.29 Å². The highest BCUT2D eigenvalue weighted by Crippen LogP contribution is 2.43. The summed E-state index contributed by atoms with van der Waals surface area (Å²) in [5, 5.41) is 18.5. The third-order valence-electron chi connectivity index (χ3n) is 10.8. The largest absolute Gasteiger partial charge is 0.392 e. The molecule has 4 atom stereocenters. The second-order valence-electron chi connectivity index (χ2n) is 14.4. The number of rotatable bonds is 14. The fourth-order valence-corrected chi connectivity index (χ4v) is 7.65. The van der Waals surface area contributed by atoms with Gasteiger partial charge < -0.3 is 40.3 Å². The Bertz CT molecular complexity index is 1630. The van der Waals surface area contributed by atoms with Gasteiger partial charge >= 0.3 is 0 Å². The molecule has 11 nitrogen and oxygen atoms in total. The number of unbranched alkanes of at least 4 members (excludes halogenated alkanes) is 2. The van der Waals surface area contributed by atoms with Crippen LogP contribution in [0.4, 0.5) is 5.69 Å². The van der Waals surface area contributed by atoms with E-state index in [0.29, 0.717) is 32.7 Å². The van der Waals surface area contributed by atoms with Crippen LogP contribution in [-0.4, -0.2) is 72.2 Å². The zero-order valence-electron chi connectivity index (χ0n) is 30.4. The molecule has 4 N–H and O–H groups in total. The molecule has 0 bridgehead atoms. The number of hydrogen-bond acceptors (Lipinski definition) is 8. The molecule has 11 heteroatoms. The predicted molar refractivity (Wildman–Crippen MR) is 199 cm³/mol. The van der Waals surface area contributed by atoms with E-state index in [2.05, 4.69) is 44.8 Å². The van der Waals surface area contributed by atoms with Crippen LogP contribution < -0.4 is 20.9 Å². The Morgan fingerprint density at radius 3 is 2.27 bits per heavy atom. The zero-order valence-corrected chi connectivity index (χ0v) is 30.4. The lowest BCUT2D eigenvalue weighted by atomic mass is 9.84. The van der Waals surface area contributed by atoms with E-state index < -0.39 is 11.8 Å². The number of nitrogens with one attached hydrogen (secondary N) is 3. The average Bonchev–Trinajstić information content (AvgIpc) is 3.48. The predicted octanol–water partition coefficient (Wildman–Crippen LogP) is 4.71. The lowest BCUT2D eigenvalue weighted by Gasteiger charge is -2.46. The number of para-hydroxylation sites is 1. The Labute approximate surface area is 307 Å². The summed E-state index contributed by atoms with van der Waals surface area (Å²) in [4.78, 5) is 41.3. The van der Waals surface area contributed by atoms with E-state index in [9.17, 15) is 19.5 Å². The molecule has 3 saturated heterocycles. The molecule has 0 unspecified atom stereocenters. The second kappa shape index (κ2) is 17.5. The summed E-state index contributed by atoms with van der Waals surface area (Å²) in [6, 6.07) is 26.1. The number of aliphatic hydroxyl groups is 1. The zero-order chi connectivity index (χ0) is 36.5. The molecule has 3 aliphatic rings. The van der Waals surface area contributed by atoms with Crippen molar-refractivity contribution in [2.24, 2.45) is 5.92 Å². The molecule has 3 aliphatic heterocycles. The molecular formula is C41H53N5O6. The van der Waals surface area contributed by atoms with Crippen LogP contribution in [-0.2, 0) is 37.0 Å². The molecule has 3 aromatic carbocycles. The highest BCUT2D eigenvalue weighted by molar-refractivity contribution is 5.93. The first kappa shape index (κ1) is 37.5. The third kappa shape index (κ3) is 9.01. The maximum absolute atomic E-state index is 13.3. The van der Waals surface area contributed by atoms with Crippen molar-refractivity contribution >= 4 is 23.4 Å². The van der Waals surface area contributed by atoms with E-state index >= 15 is 0 Å². The molecule has 3 heterocycles. The van der Waals surface area contributed by atoms with Crippen molar-refractivity contribution < 1.29 is 29.0 Å². The lowest BCUT2D eigenvalue weighted by molar-refractivity contribution is -0.276. The topological polar surface area (TPSA) is 132 Å². The van der Waals surface area contributed by atoms with E-state index in [0.717, 1.165) is 73.1 Å². The number of hydrogen-bond donors (Lipinski definition) is 4. The van der Waals surface area contributed by atoms with Crippen LogP contribution in [0.5, 0.6) is 0 Å². The number of aliphatic hydroxyl groups excluding tert-OH is 1. The molecule has 278 valence electrons. The first-order valence-corrected chi connectivity index (χ1v) is 18.7. The van der Waals surface area contributed by atoms with Gasteiger partial charge in [0, 0.05) is 63.2 Å². The lowest BCUT2D eigenvalue weighted by Crippen LogP contribution is -2.57. The van der Waals surface area contributed by atoms with Crippen LogP contribution in [0, 0.1) is 5.92 Å². The second-order valence-corrected chi connectivity index (χ2v) is 14.4. The minimum Gasteiger partial charge on any atom is -0.392 e. The van der Waals surface area contributed by atoms with Gasteiger partial charge in [0.25, 0.3) is 0 Å². The Balaban J connectivity index is 1.08. The van der Waals surface area contributed by atoms with E-state index in [1.807, 2.05) is 66.7 Å². The number of anilines is 1. The molecule has 3 amide bonds. The van der Waals surface area contributed by atoms with Crippen molar-refractivity contribution in [1.82, 2.24) is 20.9 Å². The number of likely N-dealkylation sites (tertiary alicyclic amines) is 1. The summed E-state index contributed by atoms with van der Waals surface area (Å²) in [5.41, 5.74) is 4.30. The van der Waals surface area contributed by atoms with Gasteiger partial charge in [0.05, 0.1) is 25.5 Å². The number of nitrogens with zero attached hydrogens (tertiary/aromatic N) is 2. The Morgan fingerprint density at radius 2 is 1.58 bits per heavy atom. The fourth-order valence-electron chi connectivity index (χ4n) is 7.65. The van der Waals surface area contributed by atoms with Gasteiger partial charge in [0.1, 0.15) is 5.54 Å². The minimum atomic E-state index is -0.588. The van der Waals surface area contributed by atoms with Crippen LogP contribution in [0.1, 0.15) is 87.0 Å². The normalized spacial score (nSPS) is 23.0. The smallest absolute Gasteiger partial charge is 0.247 e. The van der Waals surface area contributed by atoms with Gasteiger partial charge in [-0.05, 0) is 54.5 Å². The highest BCUT2D eigenvalue weighted by atomic mass is 16.7. The number of carbonyl (C=O) groups excluding carboxylic acids is 3. The van der Waals surface area contributed by atoms with Crippen molar-refractivity contribution in [3.63, 3.8) is 0 Å².